The first-order valence-corrected chi connectivity index (χ1v) is 12.8. The highest BCUT2D eigenvalue weighted by molar-refractivity contribution is 7.89. The fourth-order valence-electron chi connectivity index (χ4n) is 4.01. The lowest BCUT2D eigenvalue weighted by Gasteiger charge is -2.19. The van der Waals surface area contributed by atoms with Crippen molar-refractivity contribution in [1.82, 2.24) is 14.9 Å². The predicted molar refractivity (Wildman–Crippen MR) is 130 cm³/mol. The number of urea groups is 1. The Balaban J connectivity index is 1.43. The van der Waals surface area contributed by atoms with Crippen LogP contribution in [-0.4, -0.2) is 58.6 Å². The zero-order valence-electron chi connectivity index (χ0n) is 19.6. The van der Waals surface area contributed by atoms with Gasteiger partial charge in [0.25, 0.3) is 0 Å². The number of ether oxygens (including phenoxy) is 1. The van der Waals surface area contributed by atoms with Crippen molar-refractivity contribution in [2.24, 2.45) is 5.92 Å². The van der Waals surface area contributed by atoms with Gasteiger partial charge in [0.15, 0.2) is 0 Å². The molecule has 2 aromatic carbocycles. The number of hydrogen-bond donors (Lipinski definition) is 2. The number of nitrogens with one attached hydrogen (secondary N) is 2. The van der Waals surface area contributed by atoms with E-state index in [0.29, 0.717) is 32.1 Å². The average molecular weight is 475 g/mol. The van der Waals surface area contributed by atoms with Gasteiger partial charge in [-0.05, 0) is 42.2 Å². The number of sulfonamides is 1. The highest BCUT2D eigenvalue weighted by Gasteiger charge is 2.24. The quantitative estimate of drug-likeness (QED) is 0.552. The number of rotatable bonds is 10. The van der Waals surface area contributed by atoms with Gasteiger partial charge in [0.2, 0.25) is 10.0 Å². The summed E-state index contributed by atoms with van der Waals surface area (Å²) in [7, 11) is -1.81. The lowest BCUT2D eigenvalue weighted by molar-refractivity contribution is 0.239. The molecule has 9 heteroatoms. The molecule has 0 radical (unpaired) electrons. The van der Waals surface area contributed by atoms with E-state index in [4.69, 9.17) is 4.74 Å². The zero-order valence-corrected chi connectivity index (χ0v) is 20.4. The van der Waals surface area contributed by atoms with Gasteiger partial charge in [-0.1, -0.05) is 32.0 Å². The standard InChI is InChI=1S/C24H34N4O4S/c1-4-28(5-2)33(30,31)23-11-9-19(10-12-23)16-25-24(29)26-17-20-13-14-27(18-20)21-7-6-8-22(15-21)32-3/h6-12,15,20H,4-5,13-14,16-18H2,1-3H3,(H2,25,26,29). The smallest absolute Gasteiger partial charge is 0.315 e. The van der Waals surface area contributed by atoms with Crippen LogP contribution in [0.2, 0.25) is 0 Å². The SMILES string of the molecule is CCN(CC)S(=O)(=O)c1ccc(CNC(=O)NCC2CCN(c3cccc(OC)c3)C2)cc1. The fraction of sp³-hybridized carbons (Fsp3) is 0.458. The molecule has 2 N–H and O–H groups in total. The molecule has 0 aliphatic carbocycles. The van der Waals surface area contributed by atoms with E-state index < -0.39 is 10.0 Å². The second-order valence-electron chi connectivity index (χ2n) is 8.10. The van der Waals surface area contributed by atoms with E-state index in [0.717, 1.165) is 36.5 Å². The van der Waals surface area contributed by atoms with E-state index in [9.17, 15) is 13.2 Å². The van der Waals surface area contributed by atoms with E-state index in [-0.39, 0.29) is 10.9 Å². The Morgan fingerprint density at radius 2 is 1.85 bits per heavy atom. The molecule has 1 unspecified atom stereocenters. The number of carbonyl (C=O) groups excluding carboxylic acids is 1. The van der Waals surface area contributed by atoms with Crippen LogP contribution in [0.5, 0.6) is 5.75 Å². The van der Waals surface area contributed by atoms with Crippen molar-refractivity contribution in [2.45, 2.75) is 31.7 Å². The van der Waals surface area contributed by atoms with Gasteiger partial charge in [-0.15, -0.1) is 0 Å². The summed E-state index contributed by atoms with van der Waals surface area (Å²) in [5.74, 6) is 1.22. The van der Waals surface area contributed by atoms with E-state index in [2.05, 4.69) is 21.6 Å². The molecule has 1 saturated heterocycles. The Morgan fingerprint density at radius 3 is 2.52 bits per heavy atom. The molecule has 1 heterocycles. The number of hydrogen-bond acceptors (Lipinski definition) is 5. The predicted octanol–water partition coefficient (Wildman–Crippen LogP) is 3.05. The highest BCUT2D eigenvalue weighted by atomic mass is 32.2. The molecule has 0 aromatic heterocycles. The lowest BCUT2D eigenvalue weighted by Crippen LogP contribution is -2.38. The third-order valence-corrected chi connectivity index (χ3v) is 8.04. The van der Waals surface area contributed by atoms with Crippen molar-refractivity contribution in [3.8, 4) is 5.75 Å². The van der Waals surface area contributed by atoms with Crippen LogP contribution in [0.25, 0.3) is 0 Å². The maximum Gasteiger partial charge on any atom is 0.315 e. The highest BCUT2D eigenvalue weighted by Crippen LogP contribution is 2.26. The molecule has 1 fully saturated rings. The minimum Gasteiger partial charge on any atom is -0.497 e. The summed E-state index contributed by atoms with van der Waals surface area (Å²) in [6, 6.07) is 14.4. The molecule has 33 heavy (non-hydrogen) atoms. The molecule has 1 aliphatic rings. The Bertz CT molecular complexity index is 1020. The van der Waals surface area contributed by atoms with Gasteiger partial charge in [-0.3, -0.25) is 0 Å². The van der Waals surface area contributed by atoms with E-state index in [1.807, 2.05) is 32.0 Å². The summed E-state index contributed by atoms with van der Waals surface area (Å²) in [6.07, 6.45) is 1.01. The van der Waals surface area contributed by atoms with Gasteiger partial charge in [0.05, 0.1) is 12.0 Å². The van der Waals surface area contributed by atoms with E-state index in [1.54, 1.807) is 31.4 Å². The first kappa shape index (κ1) is 24.9. The Kier molecular flexibility index (Phi) is 8.57. The fourth-order valence-corrected chi connectivity index (χ4v) is 5.47. The number of methoxy groups -OCH3 is 1. The number of carbonyl (C=O) groups is 1. The minimum atomic E-state index is -3.47. The molecular weight excluding hydrogens is 440 g/mol. The number of amides is 2. The van der Waals surface area contributed by atoms with Gasteiger partial charge < -0.3 is 20.3 Å². The van der Waals surface area contributed by atoms with E-state index >= 15 is 0 Å². The Hall–Kier alpha value is -2.78. The minimum absolute atomic E-state index is 0.227. The first-order chi connectivity index (χ1) is 15.9. The van der Waals surface area contributed by atoms with Crippen LogP contribution < -0.4 is 20.3 Å². The molecule has 180 valence electrons. The van der Waals surface area contributed by atoms with Crippen LogP contribution in [0.3, 0.4) is 0 Å². The third kappa shape index (κ3) is 6.39. The van der Waals surface area contributed by atoms with Crippen molar-refractivity contribution >= 4 is 21.7 Å². The van der Waals surface area contributed by atoms with Crippen molar-refractivity contribution in [3.05, 3.63) is 54.1 Å². The van der Waals surface area contributed by atoms with Crippen LogP contribution in [-0.2, 0) is 16.6 Å². The summed E-state index contributed by atoms with van der Waals surface area (Å²) >= 11 is 0. The normalized spacial score (nSPS) is 16.1. The van der Waals surface area contributed by atoms with Crippen molar-refractivity contribution < 1.29 is 17.9 Å². The van der Waals surface area contributed by atoms with Crippen molar-refractivity contribution in [3.63, 3.8) is 0 Å². The van der Waals surface area contributed by atoms with Crippen LogP contribution in [0.15, 0.2) is 53.4 Å². The van der Waals surface area contributed by atoms with Gasteiger partial charge in [-0.2, -0.15) is 4.31 Å². The second-order valence-corrected chi connectivity index (χ2v) is 10.0. The average Bonchev–Trinajstić information content (AvgIpc) is 3.31. The molecule has 2 aromatic rings. The van der Waals surface area contributed by atoms with Crippen LogP contribution >= 0.6 is 0 Å². The maximum absolute atomic E-state index is 12.6. The van der Waals surface area contributed by atoms with E-state index in [1.165, 1.54) is 4.31 Å². The van der Waals surface area contributed by atoms with Gasteiger partial charge in [0, 0.05) is 51.0 Å². The van der Waals surface area contributed by atoms with Crippen molar-refractivity contribution in [2.75, 3.05) is 44.7 Å². The number of benzene rings is 2. The summed E-state index contributed by atoms with van der Waals surface area (Å²) in [4.78, 5) is 14.8. The molecule has 0 spiro atoms. The maximum atomic E-state index is 12.6. The second kappa shape index (κ2) is 11.4. The third-order valence-electron chi connectivity index (χ3n) is 5.98. The number of anilines is 1. The molecule has 1 aliphatic heterocycles. The topological polar surface area (TPSA) is 91.0 Å². The summed E-state index contributed by atoms with van der Waals surface area (Å²) < 4.78 is 31.9. The summed E-state index contributed by atoms with van der Waals surface area (Å²) in [6.45, 7) is 7.27. The molecule has 0 bridgehead atoms. The molecule has 3 rings (SSSR count). The summed E-state index contributed by atoms with van der Waals surface area (Å²) in [5, 5.41) is 5.80. The molecular formula is C24H34N4O4S. The Morgan fingerprint density at radius 1 is 1.12 bits per heavy atom. The summed E-state index contributed by atoms with van der Waals surface area (Å²) in [5.41, 5.74) is 1.97. The van der Waals surface area contributed by atoms with Gasteiger partial charge >= 0.3 is 6.03 Å². The molecule has 0 saturated carbocycles. The Labute approximate surface area is 197 Å². The number of nitrogens with zero attached hydrogens (tertiary/aromatic N) is 2. The molecule has 8 nitrogen and oxygen atoms in total. The zero-order chi connectivity index (χ0) is 23.8. The molecule has 1 atom stereocenters. The first-order valence-electron chi connectivity index (χ1n) is 11.4. The van der Waals surface area contributed by atoms with Crippen molar-refractivity contribution in [1.29, 1.82) is 0 Å². The molecule has 2 amide bonds. The largest absolute Gasteiger partial charge is 0.497 e. The monoisotopic (exact) mass is 474 g/mol. The van der Waals surface area contributed by atoms with Crippen LogP contribution in [0, 0.1) is 5.92 Å². The lowest BCUT2D eigenvalue weighted by atomic mass is 10.1. The van der Waals surface area contributed by atoms with Gasteiger partial charge in [-0.25, -0.2) is 13.2 Å². The van der Waals surface area contributed by atoms with Gasteiger partial charge in [0.1, 0.15) is 5.75 Å². The van der Waals surface area contributed by atoms with Crippen LogP contribution in [0.4, 0.5) is 10.5 Å². The van der Waals surface area contributed by atoms with Crippen LogP contribution in [0.1, 0.15) is 25.8 Å².